The number of ether oxygens (including phenoxy) is 1. The molecule has 0 saturated carbocycles. The molecule has 1 unspecified atom stereocenters. The molecule has 1 fully saturated rings. The van der Waals surface area contributed by atoms with Gasteiger partial charge in [-0.2, -0.15) is 0 Å². The molecule has 3 aromatic rings. The van der Waals surface area contributed by atoms with Crippen LogP contribution in [0.4, 0.5) is 5.69 Å². The molecule has 0 bridgehead atoms. The van der Waals surface area contributed by atoms with E-state index in [0.717, 1.165) is 23.1 Å². The maximum Gasteiger partial charge on any atom is 0.245 e. The van der Waals surface area contributed by atoms with Crippen molar-refractivity contribution in [3.05, 3.63) is 142 Å². The number of anilines is 1. The quantitative estimate of drug-likeness (QED) is 0.219. The van der Waals surface area contributed by atoms with Crippen LogP contribution >= 0.6 is 0 Å². The van der Waals surface area contributed by atoms with Crippen molar-refractivity contribution in [1.29, 1.82) is 0 Å². The summed E-state index contributed by atoms with van der Waals surface area (Å²) in [6.45, 7) is 4.59. The van der Waals surface area contributed by atoms with Crippen LogP contribution < -0.4 is 4.90 Å². The second-order valence-corrected chi connectivity index (χ2v) is 9.50. The lowest BCUT2D eigenvalue weighted by molar-refractivity contribution is -0.123. The van der Waals surface area contributed by atoms with Gasteiger partial charge in [-0.25, -0.2) is 0 Å². The van der Waals surface area contributed by atoms with Crippen molar-refractivity contribution < 1.29 is 14.6 Å². The van der Waals surface area contributed by atoms with Gasteiger partial charge in [0.05, 0.1) is 31.6 Å². The molecule has 192 valence electrons. The van der Waals surface area contributed by atoms with Crippen molar-refractivity contribution in [2.45, 2.75) is 24.3 Å². The highest BCUT2D eigenvalue weighted by Gasteiger charge is 2.55. The van der Waals surface area contributed by atoms with Gasteiger partial charge in [-0.3, -0.25) is 9.69 Å². The zero-order valence-corrected chi connectivity index (χ0v) is 21.1. The van der Waals surface area contributed by atoms with Gasteiger partial charge in [-0.05, 0) is 45.5 Å². The highest BCUT2D eigenvalue weighted by molar-refractivity contribution is 6.12. The van der Waals surface area contributed by atoms with Crippen LogP contribution in [0.2, 0.25) is 0 Å². The number of para-hydroxylation sites is 1. The Morgan fingerprint density at radius 2 is 1.66 bits per heavy atom. The number of allylic oxidation sites excluding steroid dienone is 2. The summed E-state index contributed by atoms with van der Waals surface area (Å²) in [5.41, 5.74) is 3.22. The molecule has 1 saturated heterocycles. The van der Waals surface area contributed by atoms with E-state index in [1.807, 2.05) is 91.0 Å². The molecule has 1 atom stereocenters. The van der Waals surface area contributed by atoms with Crippen molar-refractivity contribution >= 4 is 11.6 Å². The molecular formula is C32H30N2O4. The lowest BCUT2D eigenvalue weighted by atomic mass is 9.74. The number of aliphatic hydroxyl groups is 1. The van der Waals surface area contributed by atoms with Gasteiger partial charge >= 0.3 is 0 Å². The van der Waals surface area contributed by atoms with Crippen molar-refractivity contribution in [2.75, 3.05) is 24.7 Å². The zero-order valence-electron chi connectivity index (χ0n) is 21.1. The fraction of sp³-hybridized carbons (Fsp3) is 0.219. The van der Waals surface area contributed by atoms with E-state index in [2.05, 4.69) is 11.8 Å². The van der Waals surface area contributed by atoms with Crippen LogP contribution in [0.1, 0.15) is 35.6 Å². The van der Waals surface area contributed by atoms with Crippen LogP contribution in [0.5, 0.6) is 0 Å². The number of nitroso groups, excluding NO2 is 1. The third kappa shape index (κ3) is 4.32. The van der Waals surface area contributed by atoms with Crippen molar-refractivity contribution in [2.24, 2.45) is 5.18 Å². The van der Waals surface area contributed by atoms with E-state index < -0.39 is 18.1 Å². The largest absolute Gasteiger partial charge is 0.395 e. The molecular weight excluding hydrogens is 476 g/mol. The summed E-state index contributed by atoms with van der Waals surface area (Å²) in [7, 11) is 0. The number of benzene rings is 3. The summed E-state index contributed by atoms with van der Waals surface area (Å²) in [5, 5.41) is 14.3. The first-order chi connectivity index (χ1) is 18.7. The Balaban J connectivity index is 1.71. The van der Waals surface area contributed by atoms with E-state index in [9.17, 15) is 14.8 Å². The molecule has 6 nitrogen and oxygen atoms in total. The van der Waals surface area contributed by atoms with Crippen molar-refractivity contribution in [3.8, 4) is 0 Å². The number of fused-ring (bicyclic) bond motifs is 1. The van der Waals surface area contributed by atoms with Gasteiger partial charge in [-0.1, -0.05) is 97.6 Å². The minimum atomic E-state index is -1.52. The van der Waals surface area contributed by atoms with Crippen LogP contribution in [0.15, 0.2) is 126 Å². The molecule has 6 heteroatoms. The summed E-state index contributed by atoms with van der Waals surface area (Å²) in [6.07, 6.45) is 4.45. The standard InChI is InChI=1S/C32H30N2O4/c1-2-26(28(33-37)18-17-23-19-20-38-21-23)32(22-35)27-15-9-10-16-29(27)34(31(32)36)30(24-11-5-3-6-12-24)25-13-7-4-8-14-25/h2-17,30,35H,1,18-22H2/b23-17-,28-26-. The fourth-order valence-corrected chi connectivity index (χ4v) is 5.61. The summed E-state index contributed by atoms with van der Waals surface area (Å²) < 4.78 is 5.42. The number of rotatable bonds is 9. The Hall–Kier alpha value is -4.13. The average molecular weight is 507 g/mol. The van der Waals surface area contributed by atoms with Gasteiger partial charge in [-0.15, -0.1) is 4.91 Å². The lowest BCUT2D eigenvalue weighted by Crippen LogP contribution is -2.46. The second-order valence-electron chi connectivity index (χ2n) is 9.50. The van der Waals surface area contributed by atoms with Crippen LogP contribution in [0.25, 0.3) is 0 Å². The summed E-state index contributed by atoms with van der Waals surface area (Å²) in [6, 6.07) is 26.6. The highest BCUT2D eigenvalue weighted by atomic mass is 16.5. The Morgan fingerprint density at radius 3 is 2.21 bits per heavy atom. The van der Waals surface area contributed by atoms with Gasteiger partial charge < -0.3 is 9.84 Å². The second kappa shape index (κ2) is 11.1. The molecule has 0 aromatic heterocycles. The zero-order chi connectivity index (χ0) is 26.5. The Bertz CT molecular complexity index is 1350. The smallest absolute Gasteiger partial charge is 0.245 e. The van der Waals surface area contributed by atoms with Gasteiger partial charge in [0.1, 0.15) is 5.41 Å². The first kappa shape index (κ1) is 25.5. The van der Waals surface area contributed by atoms with E-state index in [4.69, 9.17) is 4.74 Å². The molecule has 0 radical (unpaired) electrons. The highest BCUT2D eigenvalue weighted by Crippen LogP contribution is 2.51. The minimum Gasteiger partial charge on any atom is -0.395 e. The molecule has 0 aliphatic carbocycles. The summed E-state index contributed by atoms with van der Waals surface area (Å²) in [5.74, 6) is -0.327. The van der Waals surface area contributed by atoms with Crippen LogP contribution in [0.3, 0.4) is 0 Å². The molecule has 38 heavy (non-hydrogen) atoms. The van der Waals surface area contributed by atoms with Crippen molar-refractivity contribution in [1.82, 2.24) is 0 Å². The van der Waals surface area contributed by atoms with E-state index in [-0.39, 0.29) is 18.0 Å². The Kier molecular flexibility index (Phi) is 7.45. The maximum atomic E-state index is 14.7. The number of hydrogen-bond donors (Lipinski definition) is 1. The normalized spacial score (nSPS) is 20.5. The lowest BCUT2D eigenvalue weighted by Gasteiger charge is -2.33. The van der Waals surface area contributed by atoms with E-state index in [0.29, 0.717) is 30.0 Å². The summed E-state index contributed by atoms with van der Waals surface area (Å²) >= 11 is 0. The van der Waals surface area contributed by atoms with Gasteiger partial charge in [0.25, 0.3) is 0 Å². The predicted molar refractivity (Wildman–Crippen MR) is 149 cm³/mol. The van der Waals surface area contributed by atoms with E-state index in [1.54, 1.807) is 4.90 Å². The topological polar surface area (TPSA) is 79.2 Å². The molecule has 5 rings (SSSR count). The van der Waals surface area contributed by atoms with Crippen LogP contribution in [0, 0.1) is 4.91 Å². The van der Waals surface area contributed by atoms with Gasteiger partial charge in [0.15, 0.2) is 0 Å². The average Bonchev–Trinajstić information content (AvgIpc) is 3.58. The Morgan fingerprint density at radius 1 is 1.03 bits per heavy atom. The predicted octanol–water partition coefficient (Wildman–Crippen LogP) is 6.00. The molecule has 1 N–H and O–H groups in total. The molecule has 0 spiro atoms. The number of amides is 1. The SMILES string of the molecule is C=C/C(=C(\C/C=C1/CCOC1)N=O)C1(CO)C(=O)N(C(c2ccccc2)c2ccccc2)c2ccccc21. The van der Waals surface area contributed by atoms with E-state index >= 15 is 0 Å². The number of carbonyl (C=O) groups is 1. The van der Waals surface area contributed by atoms with E-state index in [1.165, 1.54) is 6.08 Å². The number of hydrogen-bond acceptors (Lipinski definition) is 5. The third-order valence-corrected chi connectivity index (χ3v) is 7.46. The summed E-state index contributed by atoms with van der Waals surface area (Å²) in [4.78, 5) is 28.6. The maximum absolute atomic E-state index is 14.7. The molecule has 1 amide bonds. The van der Waals surface area contributed by atoms with Gasteiger partial charge in [0, 0.05) is 12.1 Å². The number of nitrogens with zero attached hydrogens (tertiary/aromatic N) is 2. The fourth-order valence-electron chi connectivity index (χ4n) is 5.61. The monoisotopic (exact) mass is 506 g/mol. The van der Waals surface area contributed by atoms with Crippen LogP contribution in [-0.4, -0.2) is 30.8 Å². The van der Waals surface area contributed by atoms with Crippen molar-refractivity contribution in [3.63, 3.8) is 0 Å². The third-order valence-electron chi connectivity index (χ3n) is 7.46. The Labute approximate surface area is 222 Å². The minimum absolute atomic E-state index is 0.175. The first-order valence-electron chi connectivity index (χ1n) is 12.7. The van der Waals surface area contributed by atoms with Crippen LogP contribution in [-0.2, 0) is 14.9 Å². The molecule has 2 aliphatic rings. The number of carbonyl (C=O) groups excluding carboxylic acids is 1. The number of aliphatic hydroxyl groups excluding tert-OH is 1. The molecule has 2 aliphatic heterocycles. The molecule has 3 aromatic carbocycles. The first-order valence-corrected chi connectivity index (χ1v) is 12.7. The van der Waals surface area contributed by atoms with Gasteiger partial charge in [0.2, 0.25) is 5.91 Å². The molecule has 2 heterocycles.